The van der Waals surface area contributed by atoms with Crippen molar-refractivity contribution in [2.75, 3.05) is 6.61 Å². The molecule has 0 saturated heterocycles. The van der Waals surface area contributed by atoms with E-state index < -0.39 is 6.04 Å². The summed E-state index contributed by atoms with van der Waals surface area (Å²) in [5, 5.41) is 2.89. The van der Waals surface area contributed by atoms with Crippen molar-refractivity contribution >= 4 is 27.7 Å². The Balaban J connectivity index is 2.16. The summed E-state index contributed by atoms with van der Waals surface area (Å²) in [4.78, 5) is 27.3. The van der Waals surface area contributed by atoms with E-state index in [1.807, 2.05) is 62.4 Å². The second-order valence-corrected chi connectivity index (χ2v) is 9.88. The molecule has 2 aromatic carbocycles. The van der Waals surface area contributed by atoms with Gasteiger partial charge in [-0.2, -0.15) is 0 Å². The number of carbonyl (C=O) groups excluding carboxylic acids is 2. The average Bonchev–Trinajstić information content (AvgIpc) is 2.70. The summed E-state index contributed by atoms with van der Waals surface area (Å²) < 4.78 is 6.63. The smallest absolute Gasteiger partial charge is 0.261 e. The average molecular weight is 489 g/mol. The van der Waals surface area contributed by atoms with Crippen molar-refractivity contribution < 1.29 is 14.3 Å². The molecule has 2 amide bonds. The quantitative estimate of drug-likeness (QED) is 0.564. The van der Waals surface area contributed by atoms with E-state index in [-0.39, 0.29) is 29.9 Å². The van der Waals surface area contributed by atoms with Crippen LogP contribution >= 0.6 is 15.9 Å². The zero-order valence-electron chi connectivity index (χ0n) is 19.2. The Morgan fingerprint density at radius 1 is 1.06 bits per heavy atom. The molecule has 0 unspecified atom stereocenters. The SMILES string of the molecule is CC(C)NC(=O)[C@@H](C)N(Cc1ccccc1)C(=O)COc1ccc(C(C)(C)C)cc1Br. The third-order valence-electron chi connectivity index (χ3n) is 4.94. The van der Waals surface area contributed by atoms with E-state index in [0.29, 0.717) is 12.3 Å². The molecule has 0 radical (unpaired) electrons. The van der Waals surface area contributed by atoms with Crippen LogP contribution in [-0.4, -0.2) is 35.4 Å². The molecule has 0 saturated carbocycles. The van der Waals surface area contributed by atoms with Crippen molar-refractivity contribution in [2.45, 2.75) is 65.6 Å². The third-order valence-corrected chi connectivity index (χ3v) is 5.56. The summed E-state index contributed by atoms with van der Waals surface area (Å²) in [7, 11) is 0. The summed E-state index contributed by atoms with van der Waals surface area (Å²) in [6, 6.07) is 14.9. The van der Waals surface area contributed by atoms with E-state index in [1.54, 1.807) is 11.8 Å². The van der Waals surface area contributed by atoms with Gasteiger partial charge in [-0.25, -0.2) is 0 Å². The van der Waals surface area contributed by atoms with Crippen molar-refractivity contribution in [3.05, 3.63) is 64.1 Å². The zero-order valence-corrected chi connectivity index (χ0v) is 20.8. The highest BCUT2D eigenvalue weighted by Gasteiger charge is 2.27. The van der Waals surface area contributed by atoms with Crippen LogP contribution in [0.5, 0.6) is 5.75 Å². The van der Waals surface area contributed by atoms with Crippen LogP contribution in [0.2, 0.25) is 0 Å². The fourth-order valence-electron chi connectivity index (χ4n) is 3.07. The van der Waals surface area contributed by atoms with E-state index in [4.69, 9.17) is 4.74 Å². The first-order valence-corrected chi connectivity index (χ1v) is 11.3. The monoisotopic (exact) mass is 488 g/mol. The standard InChI is InChI=1S/C25H33BrN2O3/c1-17(2)27-24(30)18(3)28(15-19-10-8-7-9-11-19)23(29)16-31-22-13-12-20(14-21(22)26)25(4,5)6/h7-14,17-18H,15-16H2,1-6H3,(H,27,30)/t18-/m1/s1. The van der Waals surface area contributed by atoms with E-state index in [2.05, 4.69) is 42.0 Å². The molecule has 168 valence electrons. The Morgan fingerprint density at radius 3 is 2.26 bits per heavy atom. The van der Waals surface area contributed by atoms with Crippen LogP contribution in [0.15, 0.2) is 53.0 Å². The first kappa shape index (κ1) is 24.9. The Kier molecular flexibility index (Phi) is 8.69. The van der Waals surface area contributed by atoms with Crippen molar-refractivity contribution in [1.29, 1.82) is 0 Å². The van der Waals surface area contributed by atoms with Gasteiger partial charge >= 0.3 is 0 Å². The second kappa shape index (κ2) is 10.8. The predicted molar refractivity (Wildman–Crippen MR) is 128 cm³/mol. The molecule has 1 atom stereocenters. The van der Waals surface area contributed by atoms with E-state index >= 15 is 0 Å². The van der Waals surface area contributed by atoms with Gasteiger partial charge in [0.1, 0.15) is 11.8 Å². The van der Waals surface area contributed by atoms with Gasteiger partial charge in [0.15, 0.2) is 6.61 Å². The minimum atomic E-state index is -0.620. The number of ether oxygens (including phenoxy) is 1. The molecule has 5 nitrogen and oxygen atoms in total. The molecule has 31 heavy (non-hydrogen) atoms. The maximum Gasteiger partial charge on any atom is 0.261 e. The number of carbonyl (C=O) groups is 2. The lowest BCUT2D eigenvalue weighted by atomic mass is 9.87. The summed E-state index contributed by atoms with van der Waals surface area (Å²) in [6.07, 6.45) is 0. The zero-order chi connectivity index (χ0) is 23.2. The summed E-state index contributed by atoms with van der Waals surface area (Å²) in [6.45, 7) is 12.1. The first-order valence-electron chi connectivity index (χ1n) is 10.6. The van der Waals surface area contributed by atoms with Crippen molar-refractivity contribution in [3.63, 3.8) is 0 Å². The van der Waals surface area contributed by atoms with Crippen molar-refractivity contribution in [1.82, 2.24) is 10.2 Å². The molecular weight excluding hydrogens is 456 g/mol. The first-order chi connectivity index (χ1) is 14.5. The van der Waals surface area contributed by atoms with Gasteiger partial charge in [0.25, 0.3) is 5.91 Å². The molecule has 2 aromatic rings. The van der Waals surface area contributed by atoms with Crippen LogP contribution in [0.1, 0.15) is 52.7 Å². The number of hydrogen-bond acceptors (Lipinski definition) is 3. The van der Waals surface area contributed by atoms with Crippen LogP contribution in [-0.2, 0) is 21.5 Å². The topological polar surface area (TPSA) is 58.6 Å². The lowest BCUT2D eigenvalue weighted by molar-refractivity contribution is -0.142. The van der Waals surface area contributed by atoms with E-state index in [0.717, 1.165) is 10.0 Å². The number of nitrogens with zero attached hydrogens (tertiary/aromatic N) is 1. The van der Waals surface area contributed by atoms with Crippen molar-refractivity contribution in [2.24, 2.45) is 0 Å². The highest BCUT2D eigenvalue weighted by Crippen LogP contribution is 2.31. The molecule has 0 spiro atoms. The molecule has 0 fully saturated rings. The number of benzene rings is 2. The minimum absolute atomic E-state index is 0.00263. The van der Waals surface area contributed by atoms with Gasteiger partial charge in [0.05, 0.1) is 4.47 Å². The van der Waals surface area contributed by atoms with Crippen LogP contribution < -0.4 is 10.1 Å². The molecular formula is C25H33BrN2O3. The largest absolute Gasteiger partial charge is 0.483 e. The summed E-state index contributed by atoms with van der Waals surface area (Å²) in [5.41, 5.74) is 2.14. The molecule has 0 bridgehead atoms. The number of halogens is 1. The van der Waals surface area contributed by atoms with E-state index in [1.165, 1.54) is 5.56 Å². The fourth-order valence-corrected chi connectivity index (χ4v) is 3.57. The van der Waals surface area contributed by atoms with E-state index in [9.17, 15) is 9.59 Å². The normalized spacial score (nSPS) is 12.4. The molecule has 0 heterocycles. The molecule has 0 aliphatic heterocycles. The number of nitrogens with one attached hydrogen (secondary N) is 1. The van der Waals surface area contributed by atoms with Gasteiger partial charge in [-0.15, -0.1) is 0 Å². The van der Waals surface area contributed by atoms with Gasteiger partial charge in [-0.1, -0.05) is 57.2 Å². The summed E-state index contributed by atoms with van der Waals surface area (Å²) in [5.74, 6) is 0.164. The molecule has 0 aliphatic rings. The van der Waals surface area contributed by atoms with Crippen LogP contribution in [0, 0.1) is 0 Å². The Labute approximate surface area is 194 Å². The predicted octanol–water partition coefficient (Wildman–Crippen LogP) is 5.07. The Morgan fingerprint density at radius 2 is 1.71 bits per heavy atom. The Hall–Kier alpha value is -2.34. The van der Waals surface area contributed by atoms with Gasteiger partial charge in [0, 0.05) is 12.6 Å². The Bertz CT molecular complexity index is 891. The van der Waals surface area contributed by atoms with Gasteiger partial charge in [-0.3, -0.25) is 9.59 Å². The molecule has 6 heteroatoms. The number of hydrogen-bond donors (Lipinski definition) is 1. The van der Waals surface area contributed by atoms with Gasteiger partial charge in [0.2, 0.25) is 5.91 Å². The van der Waals surface area contributed by atoms with Crippen LogP contribution in [0.3, 0.4) is 0 Å². The second-order valence-electron chi connectivity index (χ2n) is 9.03. The van der Waals surface area contributed by atoms with Crippen LogP contribution in [0.4, 0.5) is 0 Å². The van der Waals surface area contributed by atoms with Gasteiger partial charge in [-0.05, 0) is 65.4 Å². The lowest BCUT2D eigenvalue weighted by Crippen LogP contribution is -2.50. The highest BCUT2D eigenvalue weighted by atomic mass is 79.9. The number of amides is 2. The minimum Gasteiger partial charge on any atom is -0.483 e. The molecule has 0 aromatic heterocycles. The molecule has 1 N–H and O–H groups in total. The maximum atomic E-state index is 13.1. The maximum absolute atomic E-state index is 13.1. The lowest BCUT2D eigenvalue weighted by Gasteiger charge is -2.29. The fraction of sp³-hybridized carbons (Fsp3) is 0.440. The molecule has 0 aliphatic carbocycles. The molecule has 2 rings (SSSR count). The summed E-state index contributed by atoms with van der Waals surface area (Å²) >= 11 is 3.55. The number of rotatable bonds is 8. The van der Waals surface area contributed by atoms with Crippen molar-refractivity contribution in [3.8, 4) is 5.75 Å². The van der Waals surface area contributed by atoms with Gasteiger partial charge < -0.3 is 15.0 Å². The third kappa shape index (κ3) is 7.39. The van der Waals surface area contributed by atoms with Crippen LogP contribution in [0.25, 0.3) is 0 Å². The highest BCUT2D eigenvalue weighted by molar-refractivity contribution is 9.10.